The van der Waals surface area contributed by atoms with Crippen molar-refractivity contribution >= 4 is 5.69 Å². The van der Waals surface area contributed by atoms with E-state index in [1.54, 1.807) is 12.1 Å². The number of nitrogens with two attached hydrogens (primary N) is 1. The molecule has 1 aromatic rings. The number of hydrogen-bond donors (Lipinski definition) is 1. The lowest BCUT2D eigenvalue weighted by atomic mass is 9.81. The molecule has 1 saturated carbocycles. The van der Waals surface area contributed by atoms with Gasteiger partial charge in [-0.3, -0.25) is 0 Å². The summed E-state index contributed by atoms with van der Waals surface area (Å²) in [6, 6.07) is 4.97. The SMILES string of the molecule is CC1(C)OC2CCC(c3ccc(N)cc3F)C[C@@H]2O1. The Morgan fingerprint density at radius 3 is 2.68 bits per heavy atom. The van der Waals surface area contributed by atoms with E-state index >= 15 is 0 Å². The smallest absolute Gasteiger partial charge is 0.163 e. The number of halogens is 1. The first-order valence-corrected chi connectivity index (χ1v) is 6.85. The van der Waals surface area contributed by atoms with E-state index in [0.29, 0.717) is 5.69 Å². The third-order valence-electron chi connectivity index (χ3n) is 4.07. The maximum absolute atomic E-state index is 14.0. The molecule has 2 fully saturated rings. The van der Waals surface area contributed by atoms with Gasteiger partial charge in [0.05, 0.1) is 12.2 Å². The number of nitrogen functional groups attached to an aromatic ring is 1. The predicted molar refractivity (Wildman–Crippen MR) is 71.2 cm³/mol. The van der Waals surface area contributed by atoms with Crippen LogP contribution in [-0.4, -0.2) is 18.0 Å². The first-order chi connectivity index (χ1) is 8.94. The van der Waals surface area contributed by atoms with Crippen molar-refractivity contribution in [2.45, 2.75) is 57.0 Å². The first kappa shape index (κ1) is 12.9. The Balaban J connectivity index is 1.78. The van der Waals surface area contributed by atoms with Crippen LogP contribution in [-0.2, 0) is 9.47 Å². The second-order valence-electron chi connectivity index (χ2n) is 6.00. The zero-order chi connectivity index (χ0) is 13.6. The molecule has 2 unspecified atom stereocenters. The van der Waals surface area contributed by atoms with E-state index in [9.17, 15) is 4.39 Å². The van der Waals surface area contributed by atoms with Gasteiger partial charge in [-0.2, -0.15) is 0 Å². The maximum Gasteiger partial charge on any atom is 0.163 e. The van der Waals surface area contributed by atoms with Crippen LogP contribution in [0.2, 0.25) is 0 Å². The van der Waals surface area contributed by atoms with Gasteiger partial charge in [-0.1, -0.05) is 6.07 Å². The van der Waals surface area contributed by atoms with Crippen LogP contribution >= 0.6 is 0 Å². The van der Waals surface area contributed by atoms with Crippen molar-refractivity contribution in [3.63, 3.8) is 0 Å². The third-order valence-corrected chi connectivity index (χ3v) is 4.07. The molecule has 0 spiro atoms. The highest BCUT2D eigenvalue weighted by molar-refractivity contribution is 5.41. The Bertz CT molecular complexity index is 489. The molecular formula is C15H20FNO2. The third kappa shape index (κ3) is 2.47. The van der Waals surface area contributed by atoms with Gasteiger partial charge in [0.1, 0.15) is 5.82 Å². The fourth-order valence-corrected chi connectivity index (χ4v) is 3.27. The van der Waals surface area contributed by atoms with Gasteiger partial charge in [0.2, 0.25) is 0 Å². The predicted octanol–water partition coefficient (Wildman–Crippen LogP) is 3.20. The van der Waals surface area contributed by atoms with Gasteiger partial charge < -0.3 is 15.2 Å². The lowest BCUT2D eigenvalue weighted by Gasteiger charge is -2.29. The minimum Gasteiger partial charge on any atom is -0.399 e. The van der Waals surface area contributed by atoms with Gasteiger partial charge in [-0.05, 0) is 56.7 Å². The normalized spacial score (nSPS) is 33.1. The molecule has 104 valence electrons. The van der Waals surface area contributed by atoms with Crippen LogP contribution in [0.1, 0.15) is 44.6 Å². The molecule has 1 heterocycles. The van der Waals surface area contributed by atoms with Gasteiger partial charge >= 0.3 is 0 Å². The van der Waals surface area contributed by atoms with Crippen LogP contribution in [0.3, 0.4) is 0 Å². The monoisotopic (exact) mass is 265 g/mol. The molecule has 1 saturated heterocycles. The van der Waals surface area contributed by atoms with Crippen LogP contribution in [0.5, 0.6) is 0 Å². The lowest BCUT2D eigenvalue weighted by molar-refractivity contribution is -0.145. The van der Waals surface area contributed by atoms with E-state index in [1.807, 2.05) is 13.8 Å². The van der Waals surface area contributed by atoms with Crippen LogP contribution in [0.4, 0.5) is 10.1 Å². The van der Waals surface area contributed by atoms with E-state index in [0.717, 1.165) is 24.8 Å². The minimum atomic E-state index is -0.510. The van der Waals surface area contributed by atoms with E-state index in [4.69, 9.17) is 15.2 Å². The van der Waals surface area contributed by atoms with Crippen molar-refractivity contribution in [2.24, 2.45) is 0 Å². The first-order valence-electron chi connectivity index (χ1n) is 6.85. The van der Waals surface area contributed by atoms with Gasteiger partial charge in [0.25, 0.3) is 0 Å². The van der Waals surface area contributed by atoms with E-state index in [-0.39, 0.29) is 23.9 Å². The number of ether oxygens (including phenoxy) is 2. The molecule has 3 atom stereocenters. The summed E-state index contributed by atoms with van der Waals surface area (Å²) in [6.07, 6.45) is 2.90. The lowest BCUT2D eigenvalue weighted by Crippen LogP contribution is -2.30. The Kier molecular flexibility index (Phi) is 3.02. The summed E-state index contributed by atoms with van der Waals surface area (Å²) in [5, 5.41) is 0. The summed E-state index contributed by atoms with van der Waals surface area (Å²) in [5.74, 6) is -0.523. The number of hydrogen-bond acceptors (Lipinski definition) is 3. The summed E-state index contributed by atoms with van der Waals surface area (Å²) in [6.45, 7) is 3.87. The van der Waals surface area contributed by atoms with Crippen LogP contribution in [0, 0.1) is 5.82 Å². The van der Waals surface area contributed by atoms with E-state index in [1.165, 1.54) is 6.07 Å². The zero-order valence-electron chi connectivity index (χ0n) is 11.4. The van der Waals surface area contributed by atoms with Crippen molar-refractivity contribution in [1.29, 1.82) is 0 Å². The summed E-state index contributed by atoms with van der Waals surface area (Å²) in [7, 11) is 0. The molecule has 0 amide bonds. The maximum atomic E-state index is 14.0. The molecule has 2 aliphatic rings. The summed E-state index contributed by atoms with van der Waals surface area (Å²) in [4.78, 5) is 0. The molecule has 0 aromatic heterocycles. The second-order valence-corrected chi connectivity index (χ2v) is 6.00. The van der Waals surface area contributed by atoms with Crippen molar-refractivity contribution in [1.82, 2.24) is 0 Å². The van der Waals surface area contributed by atoms with Gasteiger partial charge in [0, 0.05) is 5.69 Å². The standard InChI is InChI=1S/C15H20FNO2/c1-15(2)18-13-6-3-9(7-14(13)19-15)11-5-4-10(17)8-12(11)16/h4-5,8-9,13-14H,3,6-7,17H2,1-2H3/t9?,13?,14-/m0/s1. The molecular weight excluding hydrogens is 245 g/mol. The average Bonchev–Trinajstić information content (AvgIpc) is 2.61. The highest BCUT2D eigenvalue weighted by Gasteiger charge is 2.44. The van der Waals surface area contributed by atoms with Crippen LogP contribution in [0.25, 0.3) is 0 Å². The van der Waals surface area contributed by atoms with E-state index in [2.05, 4.69) is 0 Å². The zero-order valence-corrected chi connectivity index (χ0v) is 11.4. The topological polar surface area (TPSA) is 44.5 Å². The van der Waals surface area contributed by atoms with Crippen molar-refractivity contribution in [3.05, 3.63) is 29.6 Å². The average molecular weight is 265 g/mol. The fraction of sp³-hybridized carbons (Fsp3) is 0.600. The van der Waals surface area contributed by atoms with E-state index < -0.39 is 5.79 Å². The molecule has 3 nitrogen and oxygen atoms in total. The Labute approximate surface area is 112 Å². The highest BCUT2D eigenvalue weighted by atomic mass is 19.1. The van der Waals surface area contributed by atoms with Crippen LogP contribution < -0.4 is 5.73 Å². The number of fused-ring (bicyclic) bond motifs is 1. The molecule has 3 rings (SSSR count). The van der Waals surface area contributed by atoms with Crippen LogP contribution in [0.15, 0.2) is 18.2 Å². The number of benzene rings is 1. The number of anilines is 1. The Morgan fingerprint density at radius 1 is 1.21 bits per heavy atom. The summed E-state index contributed by atoms with van der Waals surface area (Å²) >= 11 is 0. The van der Waals surface area contributed by atoms with Gasteiger partial charge in [0.15, 0.2) is 5.79 Å². The Hall–Kier alpha value is -1.13. The molecule has 0 radical (unpaired) electrons. The fourth-order valence-electron chi connectivity index (χ4n) is 3.27. The largest absolute Gasteiger partial charge is 0.399 e. The summed E-state index contributed by atoms with van der Waals surface area (Å²) in [5.41, 5.74) is 6.81. The second kappa shape index (κ2) is 4.46. The molecule has 19 heavy (non-hydrogen) atoms. The summed E-state index contributed by atoms with van der Waals surface area (Å²) < 4.78 is 25.7. The number of rotatable bonds is 1. The molecule has 2 N–H and O–H groups in total. The Morgan fingerprint density at radius 2 is 1.95 bits per heavy atom. The van der Waals surface area contributed by atoms with Crippen molar-refractivity contribution in [3.8, 4) is 0 Å². The van der Waals surface area contributed by atoms with Crippen molar-refractivity contribution < 1.29 is 13.9 Å². The molecule has 1 aliphatic carbocycles. The molecule has 1 aromatic carbocycles. The van der Waals surface area contributed by atoms with Crippen molar-refractivity contribution in [2.75, 3.05) is 5.73 Å². The van der Waals surface area contributed by atoms with Gasteiger partial charge in [-0.25, -0.2) is 4.39 Å². The quantitative estimate of drug-likeness (QED) is 0.793. The minimum absolute atomic E-state index is 0.0747. The molecule has 1 aliphatic heterocycles. The molecule has 0 bridgehead atoms. The van der Waals surface area contributed by atoms with Gasteiger partial charge in [-0.15, -0.1) is 0 Å². The molecule has 4 heteroatoms. The highest BCUT2D eigenvalue weighted by Crippen LogP contribution is 2.43.